The minimum Gasteiger partial charge on any atom is -0.295 e. The summed E-state index contributed by atoms with van der Waals surface area (Å²) in [6, 6.07) is 27.3. The SMILES string of the molecule is O=C1C=C2CCN(S(=O)(=O)c3ccc(-c4ccccc4)cc3)CC2(Cc2ccccc2)CC1. The van der Waals surface area contributed by atoms with Crippen LogP contribution in [0.15, 0.2) is 101 Å². The average molecular weight is 458 g/mol. The van der Waals surface area contributed by atoms with Crippen LogP contribution < -0.4 is 0 Å². The van der Waals surface area contributed by atoms with Crippen LogP contribution in [0.4, 0.5) is 0 Å². The number of carbonyl (C=O) groups excluding carboxylic acids is 1. The van der Waals surface area contributed by atoms with Crippen molar-refractivity contribution < 1.29 is 13.2 Å². The van der Waals surface area contributed by atoms with Crippen LogP contribution >= 0.6 is 0 Å². The van der Waals surface area contributed by atoms with Crippen LogP contribution in [0, 0.1) is 5.41 Å². The summed E-state index contributed by atoms with van der Waals surface area (Å²) in [6.07, 6.45) is 4.28. The Kier molecular flexibility index (Phi) is 5.77. The van der Waals surface area contributed by atoms with E-state index in [0.29, 0.717) is 37.2 Å². The lowest BCUT2D eigenvalue weighted by Gasteiger charge is -2.46. The Morgan fingerprint density at radius 3 is 2.12 bits per heavy atom. The number of fused-ring (bicyclic) bond motifs is 1. The van der Waals surface area contributed by atoms with Crippen LogP contribution in [0.25, 0.3) is 11.1 Å². The zero-order chi connectivity index (χ0) is 22.9. The van der Waals surface area contributed by atoms with E-state index < -0.39 is 10.0 Å². The maximum absolute atomic E-state index is 13.6. The quantitative estimate of drug-likeness (QED) is 0.525. The van der Waals surface area contributed by atoms with Gasteiger partial charge in [-0.25, -0.2) is 8.42 Å². The topological polar surface area (TPSA) is 54.5 Å². The molecule has 168 valence electrons. The van der Waals surface area contributed by atoms with E-state index >= 15 is 0 Å². The van der Waals surface area contributed by atoms with E-state index in [1.807, 2.05) is 60.7 Å². The second kappa shape index (κ2) is 8.73. The molecule has 0 bridgehead atoms. The van der Waals surface area contributed by atoms with E-state index in [4.69, 9.17) is 0 Å². The Morgan fingerprint density at radius 1 is 0.788 bits per heavy atom. The predicted octanol–water partition coefficient (Wildman–Crippen LogP) is 5.27. The number of nitrogens with zero attached hydrogens (tertiary/aromatic N) is 1. The number of hydrogen-bond acceptors (Lipinski definition) is 3. The van der Waals surface area contributed by atoms with Crippen LogP contribution in [-0.4, -0.2) is 31.6 Å². The van der Waals surface area contributed by atoms with E-state index in [9.17, 15) is 13.2 Å². The number of carbonyl (C=O) groups is 1. The fraction of sp³-hybridized carbons (Fsp3) is 0.250. The minimum absolute atomic E-state index is 0.154. The lowest BCUT2D eigenvalue weighted by molar-refractivity contribution is -0.116. The first kappa shape index (κ1) is 21.8. The molecule has 1 heterocycles. The summed E-state index contributed by atoms with van der Waals surface area (Å²) in [6.45, 7) is 0.808. The van der Waals surface area contributed by atoms with E-state index in [-0.39, 0.29) is 11.2 Å². The van der Waals surface area contributed by atoms with Gasteiger partial charge in [0.25, 0.3) is 0 Å². The molecule has 1 fully saturated rings. The highest BCUT2D eigenvalue weighted by Crippen LogP contribution is 2.46. The van der Waals surface area contributed by atoms with Gasteiger partial charge in [0, 0.05) is 24.9 Å². The van der Waals surface area contributed by atoms with Crippen molar-refractivity contribution in [1.82, 2.24) is 4.31 Å². The van der Waals surface area contributed by atoms with Crippen molar-refractivity contribution in [3.63, 3.8) is 0 Å². The van der Waals surface area contributed by atoms with Crippen LogP contribution in [-0.2, 0) is 21.2 Å². The molecule has 1 aliphatic heterocycles. The van der Waals surface area contributed by atoms with Gasteiger partial charge in [-0.2, -0.15) is 4.31 Å². The van der Waals surface area contributed by atoms with Crippen LogP contribution in [0.3, 0.4) is 0 Å². The predicted molar refractivity (Wildman–Crippen MR) is 130 cm³/mol. The van der Waals surface area contributed by atoms with Crippen molar-refractivity contribution in [3.8, 4) is 11.1 Å². The molecule has 5 rings (SSSR count). The normalized spacial score (nSPS) is 21.3. The first-order valence-electron chi connectivity index (χ1n) is 11.4. The number of rotatable bonds is 5. The molecule has 0 N–H and O–H groups in total. The third kappa shape index (κ3) is 4.31. The van der Waals surface area contributed by atoms with Crippen LogP contribution in [0.2, 0.25) is 0 Å². The van der Waals surface area contributed by atoms with Gasteiger partial charge in [0.05, 0.1) is 4.90 Å². The Hall–Kier alpha value is -3.02. The van der Waals surface area contributed by atoms with Gasteiger partial charge in [-0.05, 0) is 54.2 Å². The van der Waals surface area contributed by atoms with Gasteiger partial charge in [-0.1, -0.05) is 78.4 Å². The molecule has 3 aromatic carbocycles. The lowest BCUT2D eigenvalue weighted by Crippen LogP contribution is -2.49. The summed E-state index contributed by atoms with van der Waals surface area (Å²) in [7, 11) is -3.63. The van der Waals surface area contributed by atoms with Crippen molar-refractivity contribution in [3.05, 3.63) is 102 Å². The fourth-order valence-electron chi connectivity index (χ4n) is 5.17. The largest absolute Gasteiger partial charge is 0.295 e. The molecule has 2 aliphatic rings. The number of sulfonamides is 1. The Bertz CT molecular complexity index is 1280. The third-order valence-corrected chi connectivity index (χ3v) is 8.82. The maximum atomic E-state index is 13.6. The monoisotopic (exact) mass is 457 g/mol. The van der Waals surface area contributed by atoms with Gasteiger partial charge in [0.15, 0.2) is 5.78 Å². The summed E-state index contributed by atoms with van der Waals surface area (Å²) in [4.78, 5) is 12.5. The molecule has 4 nitrogen and oxygen atoms in total. The second-order valence-corrected chi connectivity index (χ2v) is 11.0. The maximum Gasteiger partial charge on any atom is 0.243 e. The molecule has 5 heteroatoms. The molecule has 0 amide bonds. The Morgan fingerprint density at radius 2 is 1.42 bits per heavy atom. The third-order valence-electron chi connectivity index (χ3n) is 6.96. The van der Waals surface area contributed by atoms with E-state index in [1.165, 1.54) is 5.56 Å². The highest BCUT2D eigenvalue weighted by Gasteiger charge is 2.45. The standard InChI is InChI=1S/C28H27NO3S/c30-26-15-17-28(20-22-7-3-1-4-8-22)21-29(18-16-25(28)19-26)33(31,32)27-13-11-24(12-14-27)23-9-5-2-6-10-23/h1-14,19H,15-18,20-21H2. The van der Waals surface area contributed by atoms with Crippen molar-refractivity contribution in [2.24, 2.45) is 5.41 Å². The molecular weight excluding hydrogens is 430 g/mol. The summed E-state index contributed by atoms with van der Waals surface area (Å²) < 4.78 is 28.8. The summed E-state index contributed by atoms with van der Waals surface area (Å²) >= 11 is 0. The van der Waals surface area contributed by atoms with Crippen molar-refractivity contribution >= 4 is 15.8 Å². The number of piperidine rings is 1. The molecule has 1 aliphatic carbocycles. The average Bonchev–Trinajstić information content (AvgIpc) is 2.85. The number of ketones is 1. The van der Waals surface area contributed by atoms with Crippen molar-refractivity contribution in [2.45, 2.75) is 30.6 Å². The highest BCUT2D eigenvalue weighted by molar-refractivity contribution is 7.89. The highest BCUT2D eigenvalue weighted by atomic mass is 32.2. The first-order valence-corrected chi connectivity index (χ1v) is 12.8. The van der Waals surface area contributed by atoms with Gasteiger partial charge < -0.3 is 0 Å². The van der Waals surface area contributed by atoms with Crippen molar-refractivity contribution in [2.75, 3.05) is 13.1 Å². The van der Waals surface area contributed by atoms with E-state index in [1.54, 1.807) is 22.5 Å². The molecule has 0 saturated carbocycles. The second-order valence-electron chi connectivity index (χ2n) is 9.06. The molecule has 33 heavy (non-hydrogen) atoms. The molecule has 1 atom stereocenters. The van der Waals surface area contributed by atoms with Crippen molar-refractivity contribution in [1.29, 1.82) is 0 Å². The van der Waals surface area contributed by atoms with Crippen LogP contribution in [0.1, 0.15) is 24.8 Å². The Labute approximate surface area is 195 Å². The fourth-order valence-corrected chi connectivity index (χ4v) is 6.70. The smallest absolute Gasteiger partial charge is 0.243 e. The summed E-state index contributed by atoms with van der Waals surface area (Å²) in [5, 5.41) is 0. The van der Waals surface area contributed by atoms with E-state index in [2.05, 4.69) is 12.1 Å². The lowest BCUT2D eigenvalue weighted by atomic mass is 9.66. The zero-order valence-corrected chi connectivity index (χ0v) is 19.3. The minimum atomic E-state index is -3.63. The molecule has 3 aromatic rings. The van der Waals surface area contributed by atoms with Crippen LogP contribution in [0.5, 0.6) is 0 Å². The first-order chi connectivity index (χ1) is 16.0. The van der Waals surface area contributed by atoms with Gasteiger partial charge >= 0.3 is 0 Å². The molecule has 1 unspecified atom stereocenters. The molecule has 0 aromatic heterocycles. The molecular formula is C28H27NO3S. The Balaban J connectivity index is 1.44. The summed E-state index contributed by atoms with van der Waals surface area (Å²) in [5.74, 6) is 0.154. The van der Waals surface area contributed by atoms with E-state index in [0.717, 1.165) is 23.1 Å². The molecule has 1 saturated heterocycles. The molecule has 0 spiro atoms. The van der Waals surface area contributed by atoms with Gasteiger partial charge in [-0.15, -0.1) is 0 Å². The molecule has 0 radical (unpaired) electrons. The zero-order valence-electron chi connectivity index (χ0n) is 18.5. The van der Waals surface area contributed by atoms with Gasteiger partial charge in [0.1, 0.15) is 0 Å². The number of hydrogen-bond donors (Lipinski definition) is 0. The number of benzene rings is 3. The van der Waals surface area contributed by atoms with Gasteiger partial charge in [0.2, 0.25) is 10.0 Å². The summed E-state index contributed by atoms with van der Waals surface area (Å²) in [5.41, 5.74) is 4.00. The number of allylic oxidation sites excluding steroid dienone is 1. The van der Waals surface area contributed by atoms with Gasteiger partial charge in [-0.3, -0.25) is 4.79 Å².